The van der Waals surface area contributed by atoms with Crippen molar-refractivity contribution in [1.82, 2.24) is 4.72 Å². The second kappa shape index (κ2) is 6.83. The Morgan fingerprint density at radius 3 is 2.77 bits per heavy atom. The molecule has 26 heavy (non-hydrogen) atoms. The first-order valence-corrected chi connectivity index (χ1v) is 10.0. The summed E-state index contributed by atoms with van der Waals surface area (Å²) in [4.78, 5) is 12.6. The van der Waals surface area contributed by atoms with Gasteiger partial charge in [0, 0.05) is 4.47 Å². The van der Waals surface area contributed by atoms with Gasteiger partial charge in [-0.1, -0.05) is 40.2 Å². The van der Waals surface area contributed by atoms with Crippen molar-refractivity contribution in [2.45, 2.75) is 23.8 Å². The predicted molar refractivity (Wildman–Crippen MR) is 97.6 cm³/mol. The number of ether oxygens (including phenoxy) is 1. The molecule has 1 aliphatic heterocycles. The number of carbonyl (C=O) groups excluding carboxylic acids is 1. The molecule has 6 nitrogen and oxygen atoms in total. The molecule has 1 aliphatic rings. The number of benzene rings is 2. The Kier molecular flexibility index (Phi) is 4.88. The molecule has 0 fully saturated rings. The Bertz CT molecular complexity index is 1030. The first-order chi connectivity index (χ1) is 12.3. The third kappa shape index (κ3) is 3.38. The summed E-state index contributed by atoms with van der Waals surface area (Å²) in [6.07, 6.45) is 0.656. The molecule has 0 aliphatic carbocycles. The van der Waals surface area contributed by atoms with Crippen molar-refractivity contribution in [3.63, 3.8) is 0 Å². The van der Waals surface area contributed by atoms with Crippen LogP contribution in [0.15, 0.2) is 51.8 Å². The summed E-state index contributed by atoms with van der Waals surface area (Å²) in [5.74, 6) is -0.775. The number of nitriles is 1. The largest absolute Gasteiger partial charge is 0.360 e. The van der Waals surface area contributed by atoms with Gasteiger partial charge in [0.25, 0.3) is 15.9 Å². The van der Waals surface area contributed by atoms with E-state index >= 15 is 0 Å². The van der Waals surface area contributed by atoms with Gasteiger partial charge in [-0.05, 0) is 42.7 Å². The number of carbonyl (C=O) groups is 1. The molecule has 1 heterocycles. The third-order valence-corrected chi connectivity index (χ3v) is 6.03. The van der Waals surface area contributed by atoms with Crippen LogP contribution < -0.4 is 4.72 Å². The molecule has 3 rings (SSSR count). The molecule has 1 atom stereocenters. The summed E-state index contributed by atoms with van der Waals surface area (Å²) in [6.45, 7) is 1.87. The lowest BCUT2D eigenvalue weighted by Gasteiger charge is -2.34. The van der Waals surface area contributed by atoms with Gasteiger partial charge in [-0.25, -0.2) is 13.1 Å². The molecule has 0 saturated heterocycles. The number of nitrogens with one attached hydrogen (secondary N) is 1. The van der Waals surface area contributed by atoms with Gasteiger partial charge in [0.2, 0.25) is 0 Å². The Morgan fingerprint density at radius 1 is 1.31 bits per heavy atom. The molecular formula is C18H15BrN2O4S. The van der Waals surface area contributed by atoms with Crippen molar-refractivity contribution in [3.05, 3.63) is 63.6 Å². The van der Waals surface area contributed by atoms with E-state index in [-0.39, 0.29) is 10.5 Å². The van der Waals surface area contributed by atoms with Crippen LogP contribution >= 0.6 is 15.9 Å². The highest BCUT2D eigenvalue weighted by Gasteiger charge is 2.42. The van der Waals surface area contributed by atoms with Crippen molar-refractivity contribution in [1.29, 1.82) is 5.26 Å². The molecule has 0 spiro atoms. The lowest BCUT2D eigenvalue weighted by atomic mass is 9.87. The van der Waals surface area contributed by atoms with Crippen molar-refractivity contribution in [3.8, 4) is 6.07 Å². The maximum absolute atomic E-state index is 12.8. The van der Waals surface area contributed by atoms with Gasteiger partial charge in [-0.15, -0.1) is 0 Å². The van der Waals surface area contributed by atoms with Gasteiger partial charge >= 0.3 is 0 Å². The maximum Gasteiger partial charge on any atom is 0.270 e. The number of nitrogens with zero attached hydrogens (tertiary/aromatic N) is 1. The molecule has 2 aromatic carbocycles. The summed E-state index contributed by atoms with van der Waals surface area (Å²) in [6, 6.07) is 13.2. The van der Waals surface area contributed by atoms with Crippen LogP contribution in [0.1, 0.15) is 23.6 Å². The van der Waals surface area contributed by atoms with Crippen LogP contribution in [-0.2, 0) is 31.6 Å². The van der Waals surface area contributed by atoms with Crippen molar-refractivity contribution >= 4 is 31.9 Å². The highest BCUT2D eigenvalue weighted by molar-refractivity contribution is 9.10. The maximum atomic E-state index is 12.8. The summed E-state index contributed by atoms with van der Waals surface area (Å²) in [7, 11) is -4.17. The fourth-order valence-electron chi connectivity index (χ4n) is 2.90. The predicted octanol–water partition coefficient (Wildman–Crippen LogP) is 2.61. The molecular weight excluding hydrogens is 420 g/mol. The number of fused-ring (bicyclic) bond motifs is 1. The average molecular weight is 435 g/mol. The third-order valence-electron chi connectivity index (χ3n) is 4.26. The Labute approximate surface area is 160 Å². The molecule has 0 aromatic heterocycles. The number of amides is 1. The minimum absolute atomic E-state index is 0.165. The summed E-state index contributed by atoms with van der Waals surface area (Å²) < 4.78 is 33.5. The lowest BCUT2D eigenvalue weighted by molar-refractivity contribution is -0.146. The van der Waals surface area contributed by atoms with E-state index in [1.807, 2.05) is 18.2 Å². The van der Waals surface area contributed by atoms with Crippen LogP contribution in [0.3, 0.4) is 0 Å². The zero-order valence-electron chi connectivity index (χ0n) is 13.8. The van der Waals surface area contributed by atoms with E-state index in [0.717, 1.165) is 5.56 Å². The van der Waals surface area contributed by atoms with E-state index in [4.69, 9.17) is 10.00 Å². The number of rotatable bonds is 3. The number of sulfonamides is 1. The molecule has 134 valence electrons. The van der Waals surface area contributed by atoms with E-state index < -0.39 is 21.5 Å². The van der Waals surface area contributed by atoms with Crippen LogP contribution in [0.2, 0.25) is 0 Å². The number of halogens is 1. The first kappa shape index (κ1) is 18.6. The molecule has 1 amide bonds. The Balaban J connectivity index is 1.95. The van der Waals surface area contributed by atoms with E-state index in [9.17, 15) is 13.2 Å². The smallest absolute Gasteiger partial charge is 0.270 e. The molecule has 0 saturated carbocycles. The van der Waals surface area contributed by atoms with Crippen molar-refractivity contribution < 1.29 is 17.9 Å². The molecule has 1 unspecified atom stereocenters. The van der Waals surface area contributed by atoms with Gasteiger partial charge in [0.1, 0.15) is 0 Å². The monoisotopic (exact) mass is 434 g/mol. The molecule has 8 heteroatoms. The second-order valence-corrected chi connectivity index (χ2v) is 8.61. The number of hydrogen-bond donors (Lipinski definition) is 1. The van der Waals surface area contributed by atoms with Gasteiger partial charge in [0.15, 0.2) is 5.60 Å². The average Bonchev–Trinajstić information content (AvgIpc) is 2.61. The summed E-state index contributed by atoms with van der Waals surface area (Å²) >= 11 is 3.17. The van der Waals surface area contributed by atoms with Crippen LogP contribution in [0.5, 0.6) is 0 Å². The minimum atomic E-state index is -4.17. The Hall–Kier alpha value is -2.21. The van der Waals surface area contributed by atoms with Crippen molar-refractivity contribution in [2.75, 3.05) is 6.61 Å². The minimum Gasteiger partial charge on any atom is -0.360 e. The standard InChI is InChI=1S/C18H15BrN2O4S/c1-18(16-5-3-2-4-13(16)6-7-25-18)17(22)21-26(23,24)15-9-12(11-20)8-14(19)10-15/h2-5,8-10H,6-7H2,1H3,(H,21,22). The Morgan fingerprint density at radius 2 is 2.04 bits per heavy atom. The van der Waals surface area contributed by atoms with Crippen molar-refractivity contribution in [2.24, 2.45) is 0 Å². The highest BCUT2D eigenvalue weighted by Crippen LogP contribution is 2.33. The van der Waals surface area contributed by atoms with Gasteiger partial charge < -0.3 is 4.74 Å². The molecule has 2 aromatic rings. The van der Waals surface area contributed by atoms with E-state index in [1.54, 1.807) is 19.1 Å². The molecule has 0 bridgehead atoms. The first-order valence-electron chi connectivity index (χ1n) is 7.76. The second-order valence-electron chi connectivity index (χ2n) is 6.01. The molecule has 1 N–H and O–H groups in total. The zero-order valence-corrected chi connectivity index (χ0v) is 16.2. The van der Waals surface area contributed by atoms with Gasteiger partial charge in [-0.3, -0.25) is 4.79 Å². The van der Waals surface area contributed by atoms with Gasteiger partial charge in [0.05, 0.1) is 23.1 Å². The highest BCUT2D eigenvalue weighted by atomic mass is 79.9. The fourth-order valence-corrected chi connectivity index (χ4v) is 4.66. The summed E-state index contributed by atoms with van der Waals surface area (Å²) in [5.41, 5.74) is 0.345. The normalized spacial score (nSPS) is 19.3. The summed E-state index contributed by atoms with van der Waals surface area (Å²) in [5, 5.41) is 9.02. The molecule has 0 radical (unpaired) electrons. The van der Waals surface area contributed by atoms with Crippen LogP contribution in [0.4, 0.5) is 0 Å². The lowest BCUT2D eigenvalue weighted by Crippen LogP contribution is -2.48. The van der Waals surface area contributed by atoms with Crippen LogP contribution in [0, 0.1) is 11.3 Å². The fraction of sp³-hybridized carbons (Fsp3) is 0.222. The zero-order chi connectivity index (χ0) is 18.9. The SMILES string of the molecule is CC1(C(=O)NS(=O)(=O)c2cc(Br)cc(C#N)c2)OCCc2ccccc21. The van der Waals surface area contributed by atoms with Crippen LogP contribution in [-0.4, -0.2) is 20.9 Å². The van der Waals surface area contributed by atoms with E-state index in [0.29, 0.717) is 23.1 Å². The van der Waals surface area contributed by atoms with E-state index in [1.165, 1.54) is 18.2 Å². The van der Waals surface area contributed by atoms with Crippen LogP contribution in [0.25, 0.3) is 0 Å². The van der Waals surface area contributed by atoms with E-state index in [2.05, 4.69) is 20.7 Å². The quantitative estimate of drug-likeness (QED) is 0.800. The number of hydrogen-bond acceptors (Lipinski definition) is 5. The van der Waals surface area contributed by atoms with Gasteiger partial charge in [-0.2, -0.15) is 5.26 Å². The topological polar surface area (TPSA) is 96.3 Å².